The van der Waals surface area contributed by atoms with E-state index in [1.54, 1.807) is 13.2 Å². The van der Waals surface area contributed by atoms with Crippen LogP contribution in [0.5, 0.6) is 5.75 Å². The van der Waals surface area contributed by atoms with E-state index in [1.807, 2.05) is 56.3 Å². The number of nitrogen functional groups attached to an aromatic ring is 1. The van der Waals surface area contributed by atoms with Crippen molar-refractivity contribution < 1.29 is 37.7 Å². The molecule has 2 aliphatic heterocycles. The average Bonchev–Trinajstić information content (AvgIpc) is 3.03. The summed E-state index contributed by atoms with van der Waals surface area (Å²) >= 11 is 0. The second-order valence-corrected chi connectivity index (χ2v) is 11.7. The van der Waals surface area contributed by atoms with Crippen LogP contribution < -0.4 is 21.1 Å². The van der Waals surface area contributed by atoms with E-state index in [4.69, 9.17) is 25.1 Å². The van der Waals surface area contributed by atoms with Crippen LogP contribution >= 0.6 is 0 Å². The lowest BCUT2D eigenvalue weighted by Crippen LogP contribution is -2.35. The van der Waals surface area contributed by atoms with Gasteiger partial charge in [0.1, 0.15) is 24.6 Å². The summed E-state index contributed by atoms with van der Waals surface area (Å²) in [5.41, 5.74) is 9.67. The number of fused-ring (bicyclic) bond motifs is 10. The number of hydrogen-bond donors (Lipinski definition) is 4. The molecule has 0 aliphatic carbocycles. The van der Waals surface area contributed by atoms with Crippen molar-refractivity contribution in [1.82, 2.24) is 9.88 Å². The van der Waals surface area contributed by atoms with E-state index in [0.717, 1.165) is 34.9 Å². The Hall–Kier alpha value is -5.46. The number of halogens is 2. The number of nitrogens with one attached hydrogen (secondary N) is 2. The number of aryl methyl sites for hydroxylation is 1. The number of amides is 2. The fraction of sp³-hybridized carbons (Fsp3) is 0.314. The number of benzene rings is 3. The number of nitrogens with two attached hydrogens (primary N) is 1. The Kier molecular flexibility index (Phi) is 11.4. The van der Waals surface area contributed by atoms with E-state index in [2.05, 4.69) is 15.6 Å². The van der Waals surface area contributed by atoms with Gasteiger partial charge in [-0.2, -0.15) is 0 Å². The Labute approximate surface area is 277 Å². The fourth-order valence-corrected chi connectivity index (χ4v) is 5.38. The monoisotopic (exact) mass is 663 g/mol. The Bertz CT molecular complexity index is 1820. The Morgan fingerprint density at radius 2 is 1.94 bits per heavy atom. The van der Waals surface area contributed by atoms with Gasteiger partial charge < -0.3 is 30.5 Å². The van der Waals surface area contributed by atoms with Gasteiger partial charge in [-0.05, 0) is 66.3 Å². The fourth-order valence-electron chi connectivity index (χ4n) is 5.38. The zero-order chi connectivity index (χ0) is 35.1. The zero-order valence-electron chi connectivity index (χ0n) is 27.3. The van der Waals surface area contributed by atoms with Gasteiger partial charge in [0.2, 0.25) is 5.91 Å². The molecule has 3 heterocycles. The smallest absolute Gasteiger partial charge is 0.411 e. The van der Waals surface area contributed by atoms with Gasteiger partial charge in [-0.3, -0.25) is 14.9 Å². The Morgan fingerprint density at radius 3 is 2.62 bits per heavy atom. The molecule has 0 spiro atoms. The first-order valence-electron chi connectivity index (χ1n) is 15.2. The first-order valence-corrected chi connectivity index (χ1v) is 15.2. The molecule has 0 saturated carbocycles. The molecule has 2 amide bonds. The van der Waals surface area contributed by atoms with Gasteiger partial charge >= 0.3 is 6.09 Å². The molecule has 11 nitrogen and oxygen atoms in total. The normalized spacial score (nSPS) is 17.1. The number of nitrogens with zero attached hydrogens (tertiary/aromatic N) is 2. The molecule has 6 rings (SSSR count). The molecule has 3 aromatic carbocycles. The van der Waals surface area contributed by atoms with Gasteiger partial charge in [0.15, 0.2) is 11.6 Å². The predicted molar refractivity (Wildman–Crippen MR) is 179 cm³/mol. The largest absolute Gasteiger partial charge is 0.485 e. The second-order valence-electron chi connectivity index (χ2n) is 11.7. The van der Waals surface area contributed by atoms with Crippen LogP contribution in [0.4, 0.5) is 30.8 Å². The van der Waals surface area contributed by atoms with Gasteiger partial charge in [-0.25, -0.2) is 18.6 Å². The maximum atomic E-state index is 15.3. The van der Waals surface area contributed by atoms with E-state index in [-0.39, 0.29) is 42.0 Å². The highest BCUT2D eigenvalue weighted by Crippen LogP contribution is 2.33. The standard InChI is InChI=1S/C33H35F2N5O4.C2H4O2/c1-18-11-22-5-7-26(18)19(2)17-43-33(42)39-25-13-23(30(28(35)14-25)44-20(3)15-34)16-40(4)32(41)29(22)38-24-6-8-27-21(12-24)9-10-37-31(27)36;1-2(3)4/h5-14,19-20,29,38H,15-17H2,1-4H3,(H2,36,37)(H,39,42);1H3,(H,3,4)/t19-,20-,29+;/m0./s1. The Balaban J connectivity index is 0.00000123. The summed E-state index contributed by atoms with van der Waals surface area (Å²) < 4.78 is 39.7. The van der Waals surface area contributed by atoms with Gasteiger partial charge in [0, 0.05) is 61.0 Å². The van der Waals surface area contributed by atoms with E-state index in [9.17, 15) is 14.0 Å². The number of pyridine rings is 1. The van der Waals surface area contributed by atoms with Gasteiger partial charge in [0.05, 0.1) is 6.61 Å². The van der Waals surface area contributed by atoms with Crippen LogP contribution in [0.25, 0.3) is 10.8 Å². The van der Waals surface area contributed by atoms with Crippen LogP contribution in [0.3, 0.4) is 0 Å². The summed E-state index contributed by atoms with van der Waals surface area (Å²) in [7, 11) is 1.59. The molecule has 13 heteroatoms. The summed E-state index contributed by atoms with van der Waals surface area (Å²) in [5, 5.41) is 15.0. The summed E-state index contributed by atoms with van der Waals surface area (Å²) in [6, 6.07) is 14.9. The number of hydrogen-bond acceptors (Lipinski definition) is 8. The molecule has 4 bridgehead atoms. The summed E-state index contributed by atoms with van der Waals surface area (Å²) in [4.78, 5) is 41.4. The minimum absolute atomic E-state index is 0.0784. The van der Waals surface area contributed by atoms with Crippen molar-refractivity contribution in [1.29, 1.82) is 0 Å². The third-order valence-electron chi connectivity index (χ3n) is 7.66. The number of anilines is 3. The van der Waals surface area contributed by atoms with E-state index < -0.39 is 36.7 Å². The number of likely N-dealkylation sites (N-methyl/N-ethyl adjacent to an activating group) is 1. The Morgan fingerprint density at radius 1 is 1.21 bits per heavy atom. The highest BCUT2D eigenvalue weighted by atomic mass is 19.1. The number of aliphatic carboxylic acids is 1. The maximum Gasteiger partial charge on any atom is 0.411 e. The molecule has 0 radical (unpaired) electrons. The van der Waals surface area contributed by atoms with Gasteiger partial charge in [-0.1, -0.05) is 25.1 Å². The lowest BCUT2D eigenvalue weighted by atomic mass is 9.93. The molecular weight excluding hydrogens is 624 g/mol. The van der Waals surface area contributed by atoms with E-state index in [0.29, 0.717) is 17.1 Å². The summed E-state index contributed by atoms with van der Waals surface area (Å²) in [6.07, 6.45) is -0.0601. The van der Waals surface area contributed by atoms with Gasteiger partial charge in [-0.15, -0.1) is 0 Å². The minimum atomic E-state index is -0.930. The molecule has 1 aromatic heterocycles. The average molecular weight is 664 g/mol. The summed E-state index contributed by atoms with van der Waals surface area (Å²) in [6.45, 7) is 5.57. The molecule has 3 atom stereocenters. The van der Waals surface area contributed by atoms with Crippen molar-refractivity contribution in [3.05, 3.63) is 88.9 Å². The number of carboxylic acid groups (broad SMARTS) is 1. The van der Waals surface area contributed by atoms with Crippen LogP contribution in [0, 0.1) is 12.7 Å². The van der Waals surface area contributed by atoms with Crippen molar-refractivity contribution in [2.45, 2.75) is 52.3 Å². The second kappa shape index (κ2) is 15.4. The van der Waals surface area contributed by atoms with E-state index in [1.165, 1.54) is 17.9 Å². The lowest BCUT2D eigenvalue weighted by Gasteiger charge is -2.28. The van der Waals surface area contributed by atoms with Crippen molar-refractivity contribution >= 4 is 45.9 Å². The molecular formula is C35H39F2N5O6. The number of rotatable bonds is 5. The number of ether oxygens (including phenoxy) is 2. The molecule has 2 aliphatic rings. The number of carboxylic acids is 1. The molecule has 5 N–H and O–H groups in total. The summed E-state index contributed by atoms with van der Waals surface area (Å²) in [5.74, 6) is -1.90. The molecule has 0 saturated heterocycles. The maximum absolute atomic E-state index is 15.3. The number of alkyl halides is 1. The molecule has 48 heavy (non-hydrogen) atoms. The van der Waals surface area contributed by atoms with Crippen molar-refractivity contribution in [3.8, 4) is 5.75 Å². The zero-order valence-corrected chi connectivity index (χ0v) is 27.3. The topological polar surface area (TPSA) is 156 Å². The molecule has 4 aromatic rings. The predicted octanol–water partition coefficient (Wildman–Crippen LogP) is 6.57. The van der Waals surface area contributed by atoms with Crippen LogP contribution in [-0.4, -0.2) is 59.4 Å². The number of aromatic nitrogens is 1. The third-order valence-corrected chi connectivity index (χ3v) is 7.66. The van der Waals surface area contributed by atoms with Crippen LogP contribution in [0.1, 0.15) is 55.0 Å². The highest BCUT2D eigenvalue weighted by molar-refractivity contribution is 5.94. The van der Waals surface area contributed by atoms with Crippen molar-refractivity contribution in [2.75, 3.05) is 36.7 Å². The molecule has 254 valence electrons. The molecule has 0 fully saturated rings. The quantitative estimate of drug-likeness (QED) is 0.186. The lowest BCUT2D eigenvalue weighted by molar-refractivity contribution is -0.134. The first kappa shape index (κ1) is 35.4. The van der Waals surface area contributed by atoms with Gasteiger partial charge in [0.25, 0.3) is 5.97 Å². The first-order chi connectivity index (χ1) is 22.8. The third kappa shape index (κ3) is 8.66. The van der Waals surface area contributed by atoms with Crippen molar-refractivity contribution in [2.24, 2.45) is 0 Å². The van der Waals surface area contributed by atoms with Crippen LogP contribution in [0.15, 0.2) is 60.8 Å². The minimum Gasteiger partial charge on any atom is -0.485 e. The number of carbonyl (C=O) groups excluding carboxylic acids is 2. The number of carbonyl (C=O) groups is 3. The molecule has 0 unspecified atom stereocenters. The van der Waals surface area contributed by atoms with Crippen molar-refractivity contribution in [3.63, 3.8) is 0 Å². The van der Waals surface area contributed by atoms with Crippen LogP contribution in [0.2, 0.25) is 0 Å². The SMILES string of the molecule is CC(=O)O.Cc1cc2ccc1[C@@H](C)COC(=O)Nc1cc(F)c(O[C@@H](C)CF)c(c1)CN(C)C(=O)[C@@H]2Nc1ccc2c(N)nccc2c1. The van der Waals surface area contributed by atoms with Crippen LogP contribution in [-0.2, 0) is 20.9 Å². The van der Waals surface area contributed by atoms with E-state index >= 15 is 4.39 Å². The highest BCUT2D eigenvalue weighted by Gasteiger charge is 2.28.